The Morgan fingerprint density at radius 2 is 2.00 bits per heavy atom. The van der Waals surface area contributed by atoms with Gasteiger partial charge >= 0.3 is 0 Å². The van der Waals surface area contributed by atoms with Gasteiger partial charge in [-0.05, 0) is 30.4 Å². The molecule has 4 N–H and O–H groups in total. The summed E-state index contributed by atoms with van der Waals surface area (Å²) < 4.78 is 0. The molecule has 2 rings (SSSR count). The molecule has 1 atom stereocenters. The molecular weight excluding hydrogens is 214 g/mol. The molecule has 0 bridgehead atoms. The van der Waals surface area contributed by atoms with Crippen LogP contribution in [0, 0.1) is 0 Å². The second kappa shape index (κ2) is 5.17. The molecule has 0 spiro atoms. The first-order chi connectivity index (χ1) is 8.14. The number of nitrogens with two attached hydrogens (primary N) is 1. The predicted molar refractivity (Wildman–Crippen MR) is 67.6 cm³/mol. The molecule has 1 aliphatic carbocycles. The van der Waals surface area contributed by atoms with E-state index in [0.29, 0.717) is 6.42 Å². The van der Waals surface area contributed by atoms with E-state index >= 15 is 0 Å². The van der Waals surface area contributed by atoms with E-state index in [-0.39, 0.29) is 6.54 Å². The maximum atomic E-state index is 10.5. The molecule has 1 aromatic rings. The molecule has 1 saturated carbocycles. The lowest BCUT2D eigenvalue weighted by Gasteiger charge is -2.23. The van der Waals surface area contributed by atoms with Crippen LogP contribution in [0.5, 0.6) is 0 Å². The van der Waals surface area contributed by atoms with Gasteiger partial charge in [-0.15, -0.1) is 0 Å². The topological polar surface area (TPSA) is 66.5 Å². The van der Waals surface area contributed by atoms with Gasteiger partial charge in [-0.25, -0.2) is 0 Å². The molecule has 0 radical (unpaired) electrons. The van der Waals surface area contributed by atoms with E-state index in [4.69, 9.17) is 5.73 Å². The van der Waals surface area contributed by atoms with E-state index in [2.05, 4.69) is 0 Å². The normalized spacial score (nSPS) is 20.4. The molecule has 0 heterocycles. The monoisotopic (exact) mass is 235 g/mol. The van der Waals surface area contributed by atoms with Gasteiger partial charge < -0.3 is 15.9 Å². The zero-order chi connectivity index (χ0) is 12.3. The van der Waals surface area contributed by atoms with Crippen LogP contribution in [-0.2, 0) is 12.0 Å². The van der Waals surface area contributed by atoms with Crippen LogP contribution in [0.3, 0.4) is 0 Å². The molecule has 0 saturated heterocycles. The van der Waals surface area contributed by atoms with E-state index in [0.717, 1.165) is 36.8 Å². The second-order valence-corrected chi connectivity index (χ2v) is 5.03. The average Bonchev–Trinajstić information content (AvgIpc) is 2.78. The maximum absolute atomic E-state index is 10.5. The number of hydrogen-bond acceptors (Lipinski definition) is 3. The zero-order valence-corrected chi connectivity index (χ0v) is 10.1. The average molecular weight is 235 g/mol. The minimum atomic E-state index is -0.649. The predicted octanol–water partition coefficient (Wildman–Crippen LogP) is 1.31. The number of aliphatic hydroxyl groups excluding tert-OH is 1. The Hall–Kier alpha value is -0.900. The lowest BCUT2D eigenvalue weighted by molar-refractivity contribution is 0.0443. The fourth-order valence-electron chi connectivity index (χ4n) is 2.59. The Morgan fingerprint density at radius 3 is 2.65 bits per heavy atom. The highest BCUT2D eigenvalue weighted by Gasteiger charge is 2.32. The van der Waals surface area contributed by atoms with Crippen LogP contribution in [0.4, 0.5) is 0 Å². The molecule has 1 fully saturated rings. The maximum Gasteiger partial charge on any atom is 0.0896 e. The lowest BCUT2D eigenvalue weighted by atomic mass is 9.90. The SMILES string of the molecule is NCC(O)Cc1cccc(C2(O)CCCC2)c1. The quantitative estimate of drug-likeness (QED) is 0.737. The van der Waals surface area contributed by atoms with E-state index in [1.54, 1.807) is 0 Å². The Bertz CT molecular complexity index is 372. The third kappa shape index (κ3) is 2.86. The zero-order valence-electron chi connectivity index (χ0n) is 10.1. The summed E-state index contributed by atoms with van der Waals surface area (Å²) in [5.74, 6) is 0. The van der Waals surface area contributed by atoms with Crippen molar-refractivity contribution in [2.75, 3.05) is 6.54 Å². The molecule has 3 heteroatoms. The summed E-state index contributed by atoms with van der Waals surface area (Å²) in [6.07, 6.45) is 3.92. The minimum Gasteiger partial charge on any atom is -0.391 e. The van der Waals surface area contributed by atoms with Gasteiger partial charge in [0.2, 0.25) is 0 Å². The van der Waals surface area contributed by atoms with Gasteiger partial charge in [0.1, 0.15) is 0 Å². The van der Waals surface area contributed by atoms with Crippen LogP contribution in [0.2, 0.25) is 0 Å². The Morgan fingerprint density at radius 1 is 1.29 bits per heavy atom. The molecule has 0 aliphatic heterocycles. The van der Waals surface area contributed by atoms with Crippen molar-refractivity contribution >= 4 is 0 Å². The number of hydrogen-bond donors (Lipinski definition) is 3. The molecule has 1 aromatic carbocycles. The van der Waals surface area contributed by atoms with Crippen LogP contribution in [0.15, 0.2) is 24.3 Å². The molecule has 1 aliphatic rings. The van der Waals surface area contributed by atoms with Crippen LogP contribution in [0.25, 0.3) is 0 Å². The van der Waals surface area contributed by atoms with E-state index in [9.17, 15) is 10.2 Å². The number of rotatable bonds is 4. The minimum absolute atomic E-state index is 0.272. The summed E-state index contributed by atoms with van der Waals surface area (Å²) in [7, 11) is 0. The molecule has 17 heavy (non-hydrogen) atoms. The van der Waals surface area contributed by atoms with Crippen molar-refractivity contribution < 1.29 is 10.2 Å². The summed E-state index contributed by atoms with van der Waals surface area (Å²) in [4.78, 5) is 0. The van der Waals surface area contributed by atoms with Crippen molar-refractivity contribution in [1.29, 1.82) is 0 Å². The van der Waals surface area contributed by atoms with Gasteiger partial charge in [-0.1, -0.05) is 37.1 Å². The largest absolute Gasteiger partial charge is 0.391 e. The third-order valence-corrected chi connectivity index (χ3v) is 3.64. The molecule has 0 amide bonds. The van der Waals surface area contributed by atoms with E-state index in [1.165, 1.54) is 0 Å². The number of benzene rings is 1. The van der Waals surface area contributed by atoms with Crippen LogP contribution >= 0.6 is 0 Å². The van der Waals surface area contributed by atoms with Crippen molar-refractivity contribution in [2.24, 2.45) is 5.73 Å². The summed E-state index contributed by atoms with van der Waals surface area (Å²) in [6, 6.07) is 7.90. The molecular formula is C14H21NO2. The standard InChI is InChI=1S/C14H21NO2/c15-10-13(16)9-11-4-3-5-12(8-11)14(17)6-1-2-7-14/h3-5,8,13,16-17H,1-2,6-7,9-10,15H2. The molecule has 0 aromatic heterocycles. The highest BCUT2D eigenvalue weighted by molar-refractivity contribution is 5.29. The molecule has 1 unspecified atom stereocenters. The summed E-state index contributed by atoms with van der Waals surface area (Å²) in [5, 5.41) is 20.0. The Balaban J connectivity index is 2.16. The lowest BCUT2D eigenvalue weighted by Crippen LogP contribution is -2.23. The third-order valence-electron chi connectivity index (χ3n) is 3.64. The van der Waals surface area contributed by atoms with Gasteiger partial charge in [0.15, 0.2) is 0 Å². The van der Waals surface area contributed by atoms with Crippen molar-refractivity contribution in [3.63, 3.8) is 0 Å². The van der Waals surface area contributed by atoms with Crippen LogP contribution in [0.1, 0.15) is 36.8 Å². The summed E-state index contributed by atoms with van der Waals surface area (Å²) >= 11 is 0. The van der Waals surface area contributed by atoms with Crippen molar-refractivity contribution in [2.45, 2.75) is 43.8 Å². The van der Waals surface area contributed by atoms with Gasteiger partial charge in [-0.3, -0.25) is 0 Å². The Labute approximate surface area is 102 Å². The van der Waals surface area contributed by atoms with Gasteiger partial charge in [0.05, 0.1) is 11.7 Å². The smallest absolute Gasteiger partial charge is 0.0896 e. The van der Waals surface area contributed by atoms with Gasteiger partial charge in [-0.2, -0.15) is 0 Å². The fraction of sp³-hybridized carbons (Fsp3) is 0.571. The van der Waals surface area contributed by atoms with E-state index < -0.39 is 11.7 Å². The summed E-state index contributed by atoms with van der Waals surface area (Å²) in [5.41, 5.74) is 6.78. The molecule has 3 nitrogen and oxygen atoms in total. The van der Waals surface area contributed by atoms with Gasteiger partial charge in [0.25, 0.3) is 0 Å². The first-order valence-electron chi connectivity index (χ1n) is 6.34. The first-order valence-corrected chi connectivity index (χ1v) is 6.34. The van der Waals surface area contributed by atoms with Crippen molar-refractivity contribution in [1.82, 2.24) is 0 Å². The number of aliphatic hydroxyl groups is 2. The first kappa shape index (κ1) is 12.6. The highest BCUT2D eigenvalue weighted by atomic mass is 16.3. The highest BCUT2D eigenvalue weighted by Crippen LogP contribution is 2.38. The Kier molecular flexibility index (Phi) is 3.82. The summed E-state index contributed by atoms with van der Waals surface area (Å²) in [6.45, 7) is 0.272. The fourth-order valence-corrected chi connectivity index (χ4v) is 2.59. The van der Waals surface area contributed by atoms with Crippen molar-refractivity contribution in [3.05, 3.63) is 35.4 Å². The van der Waals surface area contributed by atoms with Gasteiger partial charge in [0, 0.05) is 6.54 Å². The van der Waals surface area contributed by atoms with Crippen molar-refractivity contribution in [3.8, 4) is 0 Å². The molecule has 94 valence electrons. The van der Waals surface area contributed by atoms with E-state index in [1.807, 2.05) is 24.3 Å². The van der Waals surface area contributed by atoms with Crippen LogP contribution in [-0.4, -0.2) is 22.9 Å². The van der Waals surface area contributed by atoms with Crippen LogP contribution < -0.4 is 5.73 Å². The second-order valence-electron chi connectivity index (χ2n) is 5.03.